The first-order chi connectivity index (χ1) is 11.7. The molecule has 1 heterocycles. The lowest BCUT2D eigenvalue weighted by atomic mass is 10.1. The van der Waals surface area contributed by atoms with E-state index < -0.39 is 18.1 Å². The Balaban J connectivity index is 0.000000450. The van der Waals surface area contributed by atoms with Crippen LogP contribution in [0.3, 0.4) is 0 Å². The molecular formula is C16H17BrN2O6. The fourth-order valence-electron chi connectivity index (χ4n) is 1.96. The average molecular weight is 413 g/mol. The Kier molecular flexibility index (Phi) is 7.43. The number of fused-ring (bicyclic) bond motifs is 1. The number of carbonyl (C=O) groups is 3. The zero-order chi connectivity index (χ0) is 19.1. The second-order valence-corrected chi connectivity index (χ2v) is 5.79. The summed E-state index contributed by atoms with van der Waals surface area (Å²) in [6, 6.07) is 4.80. The maximum absolute atomic E-state index is 12.1. The molecule has 0 fully saturated rings. The minimum atomic E-state index is -1.19. The molecule has 0 unspecified atom stereocenters. The van der Waals surface area contributed by atoms with Gasteiger partial charge in [-0.3, -0.25) is 19.2 Å². The monoisotopic (exact) mass is 412 g/mol. The van der Waals surface area contributed by atoms with Crippen molar-refractivity contribution in [3.05, 3.63) is 38.7 Å². The number of ketones is 1. The molecule has 0 radical (unpaired) electrons. The van der Waals surface area contributed by atoms with Gasteiger partial charge in [0.25, 0.3) is 5.56 Å². The van der Waals surface area contributed by atoms with Crippen molar-refractivity contribution in [3.63, 3.8) is 0 Å². The molecule has 1 aromatic carbocycles. The zero-order valence-electron chi connectivity index (χ0n) is 13.9. The summed E-state index contributed by atoms with van der Waals surface area (Å²) in [5, 5.41) is 13.3. The highest BCUT2D eigenvalue weighted by Gasteiger charge is 2.15. The van der Waals surface area contributed by atoms with E-state index in [1.807, 2.05) is 0 Å². The number of carboxylic acids is 1. The molecule has 8 nitrogen and oxygen atoms in total. The van der Waals surface area contributed by atoms with Crippen molar-refractivity contribution < 1.29 is 24.2 Å². The van der Waals surface area contributed by atoms with E-state index in [1.165, 1.54) is 19.9 Å². The molecule has 1 N–H and O–H groups in total. The number of nitrogens with zero attached hydrogens (tertiary/aromatic N) is 2. The van der Waals surface area contributed by atoms with Gasteiger partial charge in [0.05, 0.1) is 12.0 Å². The van der Waals surface area contributed by atoms with E-state index in [0.717, 1.165) is 4.68 Å². The van der Waals surface area contributed by atoms with Gasteiger partial charge in [0.15, 0.2) is 5.78 Å². The average Bonchev–Trinajstić information content (AvgIpc) is 2.49. The van der Waals surface area contributed by atoms with Gasteiger partial charge in [-0.25, -0.2) is 4.68 Å². The number of aliphatic carboxylic acids is 1. The largest absolute Gasteiger partial charge is 0.480 e. The molecule has 0 spiro atoms. The van der Waals surface area contributed by atoms with E-state index in [0.29, 0.717) is 16.5 Å². The van der Waals surface area contributed by atoms with E-state index in [1.54, 1.807) is 19.1 Å². The van der Waals surface area contributed by atoms with Gasteiger partial charge < -0.3 is 9.84 Å². The summed E-state index contributed by atoms with van der Waals surface area (Å²) in [6.07, 6.45) is 0. The van der Waals surface area contributed by atoms with E-state index >= 15 is 0 Å². The molecule has 25 heavy (non-hydrogen) atoms. The van der Waals surface area contributed by atoms with Crippen LogP contribution in [0.15, 0.2) is 27.5 Å². The van der Waals surface area contributed by atoms with Crippen molar-refractivity contribution >= 4 is 44.4 Å². The molecule has 2 aromatic rings. The van der Waals surface area contributed by atoms with Crippen LogP contribution in [0.1, 0.15) is 31.3 Å². The molecular weight excluding hydrogens is 396 g/mol. The number of ether oxygens (including phenoxy) is 1. The van der Waals surface area contributed by atoms with Crippen molar-refractivity contribution in [1.82, 2.24) is 9.78 Å². The maximum atomic E-state index is 12.1. The van der Waals surface area contributed by atoms with E-state index in [-0.39, 0.29) is 22.8 Å². The summed E-state index contributed by atoms with van der Waals surface area (Å²) in [7, 11) is 0. The molecule has 134 valence electrons. The predicted octanol–water partition coefficient (Wildman–Crippen LogP) is 2.02. The second kappa shape index (κ2) is 9.07. The smallest absolute Gasteiger partial charge is 0.325 e. The maximum Gasteiger partial charge on any atom is 0.325 e. The Labute approximate surface area is 151 Å². The van der Waals surface area contributed by atoms with Gasteiger partial charge in [0.1, 0.15) is 12.2 Å². The van der Waals surface area contributed by atoms with Gasteiger partial charge in [-0.2, -0.15) is 5.10 Å². The second-order valence-electron chi connectivity index (χ2n) is 4.88. The van der Waals surface area contributed by atoms with Crippen LogP contribution in [0.25, 0.3) is 10.8 Å². The van der Waals surface area contributed by atoms with Gasteiger partial charge in [-0.15, -0.1) is 0 Å². The first-order valence-electron chi connectivity index (χ1n) is 7.23. The number of aromatic nitrogens is 2. The molecule has 9 heteroatoms. The zero-order valence-corrected chi connectivity index (χ0v) is 15.5. The first-order valence-corrected chi connectivity index (χ1v) is 8.03. The third kappa shape index (κ3) is 5.79. The molecule has 2 rings (SSSR count). The quantitative estimate of drug-likeness (QED) is 0.602. The molecule has 0 atom stereocenters. The Hall–Kier alpha value is -2.55. The number of rotatable bonds is 4. The molecule has 0 saturated heterocycles. The number of esters is 1. The van der Waals surface area contributed by atoms with Crippen LogP contribution in [0, 0.1) is 0 Å². The number of carboxylic acid groups (broad SMARTS) is 1. The lowest BCUT2D eigenvalue weighted by Crippen LogP contribution is -2.28. The highest BCUT2D eigenvalue weighted by molar-refractivity contribution is 9.10. The van der Waals surface area contributed by atoms with Crippen LogP contribution in [-0.4, -0.2) is 39.2 Å². The fraction of sp³-hybridized carbons (Fsp3) is 0.312. The number of Topliss-reactive ketones (excluding diaryl/α,β-unsaturated/α-hetero) is 1. The first kappa shape index (κ1) is 20.5. The Morgan fingerprint density at radius 3 is 2.32 bits per heavy atom. The third-order valence-corrected chi connectivity index (χ3v) is 3.38. The van der Waals surface area contributed by atoms with E-state index in [2.05, 4.69) is 25.8 Å². The molecule has 0 bridgehead atoms. The van der Waals surface area contributed by atoms with Gasteiger partial charge in [0, 0.05) is 23.7 Å². The van der Waals surface area contributed by atoms with E-state index in [9.17, 15) is 19.2 Å². The van der Waals surface area contributed by atoms with Crippen LogP contribution in [0.4, 0.5) is 0 Å². The van der Waals surface area contributed by atoms with Gasteiger partial charge in [-0.1, -0.05) is 15.9 Å². The molecule has 0 saturated carbocycles. The molecule has 0 amide bonds. The Bertz CT molecular complexity index is 875. The van der Waals surface area contributed by atoms with E-state index in [4.69, 9.17) is 5.11 Å². The summed E-state index contributed by atoms with van der Waals surface area (Å²) >= 11 is 3.26. The van der Waals surface area contributed by atoms with Crippen molar-refractivity contribution in [1.29, 1.82) is 0 Å². The highest BCUT2D eigenvalue weighted by atomic mass is 79.9. The van der Waals surface area contributed by atoms with Gasteiger partial charge >= 0.3 is 11.9 Å². The number of hydrogen-bond donors (Lipinski definition) is 1. The number of hydrogen-bond acceptors (Lipinski definition) is 6. The highest BCUT2D eigenvalue weighted by Crippen LogP contribution is 2.19. The number of benzene rings is 1. The van der Waals surface area contributed by atoms with Crippen LogP contribution in [0.2, 0.25) is 0 Å². The molecule has 0 aliphatic rings. The molecule has 1 aromatic heterocycles. The summed E-state index contributed by atoms with van der Waals surface area (Å²) in [5.74, 6) is -1.74. The van der Waals surface area contributed by atoms with Crippen molar-refractivity contribution in [2.75, 3.05) is 6.61 Å². The standard InChI is InChI=1S/C12H9BrN2O4.C4H8O2/c1-6(16)11-9-4-7(13)2-3-8(9)12(19)15(14-11)5-10(17)18;1-3-6-4(2)5/h2-4H,5H2,1H3,(H,17,18);3H2,1-2H3. The number of halogens is 1. The van der Waals surface area contributed by atoms with Crippen molar-refractivity contribution in [2.45, 2.75) is 27.3 Å². The molecule has 0 aliphatic heterocycles. The SMILES string of the molecule is CC(=O)c1nn(CC(=O)O)c(=O)c2ccc(Br)cc12.CCOC(C)=O. The summed E-state index contributed by atoms with van der Waals surface area (Å²) < 4.78 is 5.90. The number of carbonyl (C=O) groups excluding carboxylic acids is 2. The summed E-state index contributed by atoms with van der Waals surface area (Å²) in [5.41, 5.74) is -0.452. The summed E-state index contributed by atoms with van der Waals surface area (Å²) in [4.78, 5) is 44.2. The van der Waals surface area contributed by atoms with Crippen LogP contribution in [-0.2, 0) is 20.9 Å². The van der Waals surface area contributed by atoms with Crippen LogP contribution >= 0.6 is 15.9 Å². The van der Waals surface area contributed by atoms with Gasteiger partial charge in [0.2, 0.25) is 0 Å². The van der Waals surface area contributed by atoms with Crippen molar-refractivity contribution in [2.24, 2.45) is 0 Å². The van der Waals surface area contributed by atoms with Gasteiger partial charge in [-0.05, 0) is 25.1 Å². The summed E-state index contributed by atoms with van der Waals surface area (Å²) in [6.45, 7) is 4.39. The molecule has 0 aliphatic carbocycles. The lowest BCUT2D eigenvalue weighted by molar-refractivity contribution is -0.140. The van der Waals surface area contributed by atoms with Crippen molar-refractivity contribution in [3.8, 4) is 0 Å². The lowest BCUT2D eigenvalue weighted by Gasteiger charge is -2.07. The normalized spacial score (nSPS) is 9.92. The Morgan fingerprint density at radius 1 is 1.24 bits per heavy atom. The topological polar surface area (TPSA) is 116 Å². The minimum absolute atomic E-state index is 0.0807. The fourth-order valence-corrected chi connectivity index (χ4v) is 2.32. The third-order valence-electron chi connectivity index (χ3n) is 2.89. The van der Waals surface area contributed by atoms with Crippen LogP contribution < -0.4 is 5.56 Å². The Morgan fingerprint density at radius 2 is 1.88 bits per heavy atom. The predicted molar refractivity (Wildman–Crippen MR) is 93.7 cm³/mol. The van der Waals surface area contributed by atoms with Crippen LogP contribution in [0.5, 0.6) is 0 Å². The minimum Gasteiger partial charge on any atom is -0.480 e.